The van der Waals surface area contributed by atoms with Crippen LogP contribution in [0.3, 0.4) is 0 Å². The molecule has 2 aromatic rings. The molecule has 2 rings (SSSR count). The van der Waals surface area contributed by atoms with Crippen molar-refractivity contribution in [2.24, 2.45) is 5.92 Å². The van der Waals surface area contributed by atoms with Crippen molar-refractivity contribution in [3.05, 3.63) is 52.3 Å². The Balaban J connectivity index is 2.56. The molecule has 0 bridgehead atoms. The van der Waals surface area contributed by atoms with E-state index in [2.05, 4.69) is 5.10 Å². The monoisotopic (exact) mass is 286 g/mol. The van der Waals surface area contributed by atoms with Crippen molar-refractivity contribution in [2.45, 2.75) is 26.8 Å². The normalized spacial score (nSPS) is 10.8. The second kappa shape index (κ2) is 6.35. The largest absolute Gasteiger partial charge is 0.481 e. The molecule has 1 N–H and O–H groups in total. The van der Waals surface area contributed by atoms with E-state index in [4.69, 9.17) is 5.11 Å². The van der Waals surface area contributed by atoms with E-state index in [1.807, 2.05) is 44.2 Å². The summed E-state index contributed by atoms with van der Waals surface area (Å²) in [6.07, 6.45) is -0.292. The van der Waals surface area contributed by atoms with Gasteiger partial charge in [-0.1, -0.05) is 44.2 Å². The van der Waals surface area contributed by atoms with Crippen LogP contribution in [0.2, 0.25) is 0 Å². The molecule has 110 valence electrons. The molecular formula is C16H18N2O3. The third kappa shape index (κ3) is 3.78. The van der Waals surface area contributed by atoms with Gasteiger partial charge in [-0.05, 0) is 12.0 Å². The number of carboxylic acid groups (broad SMARTS) is 1. The predicted molar refractivity (Wildman–Crippen MR) is 80.1 cm³/mol. The highest BCUT2D eigenvalue weighted by molar-refractivity contribution is 5.71. The fourth-order valence-electron chi connectivity index (χ4n) is 2.11. The van der Waals surface area contributed by atoms with E-state index in [1.165, 1.54) is 4.68 Å². The topological polar surface area (TPSA) is 72.2 Å². The molecule has 0 fully saturated rings. The first kappa shape index (κ1) is 15.0. The summed E-state index contributed by atoms with van der Waals surface area (Å²) in [7, 11) is 0. The zero-order chi connectivity index (χ0) is 15.4. The van der Waals surface area contributed by atoms with Crippen molar-refractivity contribution >= 4 is 5.97 Å². The number of aliphatic carboxylic acids is 1. The molecule has 0 aliphatic carbocycles. The molecule has 0 spiro atoms. The van der Waals surface area contributed by atoms with E-state index in [-0.39, 0.29) is 23.5 Å². The molecule has 0 radical (unpaired) electrons. The average Bonchev–Trinajstić information content (AvgIpc) is 2.43. The molecule has 0 atom stereocenters. The number of hydrogen-bond acceptors (Lipinski definition) is 3. The fourth-order valence-corrected chi connectivity index (χ4v) is 2.11. The molecule has 1 aromatic heterocycles. The van der Waals surface area contributed by atoms with Gasteiger partial charge in [-0.3, -0.25) is 9.59 Å². The molecule has 0 aliphatic heterocycles. The summed E-state index contributed by atoms with van der Waals surface area (Å²) in [5.41, 5.74) is 1.41. The van der Waals surface area contributed by atoms with Crippen LogP contribution in [0.1, 0.15) is 19.4 Å². The third-order valence-corrected chi connectivity index (χ3v) is 3.00. The molecule has 21 heavy (non-hydrogen) atoms. The predicted octanol–water partition coefficient (Wildman–Crippen LogP) is 2.19. The van der Waals surface area contributed by atoms with Crippen molar-refractivity contribution in [3.8, 4) is 11.3 Å². The molecule has 1 aromatic carbocycles. The Hall–Kier alpha value is -2.43. The molecule has 0 saturated carbocycles. The SMILES string of the molecule is CC(C)Cn1nc(-c2ccccc2)cc(CC(=O)O)c1=O. The van der Waals surface area contributed by atoms with E-state index in [0.29, 0.717) is 12.2 Å². The first-order chi connectivity index (χ1) is 9.97. The number of hydrogen-bond donors (Lipinski definition) is 1. The summed E-state index contributed by atoms with van der Waals surface area (Å²) in [5, 5.41) is 13.3. The van der Waals surface area contributed by atoms with Gasteiger partial charge in [0.25, 0.3) is 5.56 Å². The zero-order valence-electron chi connectivity index (χ0n) is 12.1. The second-order valence-corrected chi connectivity index (χ2v) is 5.37. The maximum absolute atomic E-state index is 12.3. The number of benzene rings is 1. The molecule has 0 saturated heterocycles. The highest BCUT2D eigenvalue weighted by Crippen LogP contribution is 2.16. The van der Waals surface area contributed by atoms with E-state index >= 15 is 0 Å². The van der Waals surface area contributed by atoms with Gasteiger partial charge in [-0.25, -0.2) is 4.68 Å². The summed E-state index contributed by atoms with van der Waals surface area (Å²) in [5.74, 6) is -0.771. The molecule has 5 heteroatoms. The maximum atomic E-state index is 12.3. The van der Waals surface area contributed by atoms with Gasteiger partial charge in [-0.15, -0.1) is 0 Å². The lowest BCUT2D eigenvalue weighted by molar-refractivity contribution is -0.136. The quantitative estimate of drug-likeness (QED) is 0.914. The van der Waals surface area contributed by atoms with Crippen LogP contribution in [0.15, 0.2) is 41.2 Å². The van der Waals surface area contributed by atoms with Gasteiger partial charge in [0.2, 0.25) is 0 Å². The van der Waals surface area contributed by atoms with Crippen molar-refractivity contribution < 1.29 is 9.90 Å². The highest BCUT2D eigenvalue weighted by Gasteiger charge is 2.13. The minimum absolute atomic E-state index is 0.249. The Bertz CT molecular complexity index is 690. The van der Waals surface area contributed by atoms with Crippen LogP contribution in [0.4, 0.5) is 0 Å². The van der Waals surface area contributed by atoms with Crippen LogP contribution >= 0.6 is 0 Å². The molecule has 0 amide bonds. The Kier molecular flexibility index (Phi) is 4.52. The van der Waals surface area contributed by atoms with E-state index < -0.39 is 5.97 Å². The second-order valence-electron chi connectivity index (χ2n) is 5.37. The molecule has 0 aliphatic rings. The lowest BCUT2D eigenvalue weighted by Crippen LogP contribution is -2.29. The molecular weight excluding hydrogens is 268 g/mol. The van der Waals surface area contributed by atoms with E-state index in [0.717, 1.165) is 5.56 Å². The number of carbonyl (C=O) groups is 1. The molecule has 0 unspecified atom stereocenters. The van der Waals surface area contributed by atoms with Gasteiger partial charge in [0.1, 0.15) is 0 Å². The van der Waals surface area contributed by atoms with Gasteiger partial charge in [0, 0.05) is 17.7 Å². The van der Waals surface area contributed by atoms with Crippen LogP contribution in [0.25, 0.3) is 11.3 Å². The summed E-state index contributed by atoms with van der Waals surface area (Å²) in [4.78, 5) is 23.2. The first-order valence-corrected chi connectivity index (χ1v) is 6.85. The summed E-state index contributed by atoms with van der Waals surface area (Å²) in [6.45, 7) is 4.44. The van der Waals surface area contributed by atoms with Crippen molar-refractivity contribution in [3.63, 3.8) is 0 Å². The number of aromatic nitrogens is 2. The number of carboxylic acids is 1. The Morgan fingerprint density at radius 3 is 2.52 bits per heavy atom. The zero-order valence-corrected chi connectivity index (χ0v) is 12.1. The number of rotatable bonds is 5. The van der Waals surface area contributed by atoms with Gasteiger partial charge in [0.05, 0.1) is 12.1 Å². The van der Waals surface area contributed by atoms with Crippen LogP contribution in [0, 0.1) is 5.92 Å². The van der Waals surface area contributed by atoms with Crippen molar-refractivity contribution in [1.29, 1.82) is 0 Å². The smallest absolute Gasteiger partial charge is 0.308 e. The van der Waals surface area contributed by atoms with Gasteiger partial charge >= 0.3 is 5.97 Å². The maximum Gasteiger partial charge on any atom is 0.308 e. The number of nitrogens with zero attached hydrogens (tertiary/aromatic N) is 2. The summed E-state index contributed by atoms with van der Waals surface area (Å²) < 4.78 is 1.37. The Labute approximate surface area is 122 Å². The van der Waals surface area contributed by atoms with Crippen LogP contribution < -0.4 is 5.56 Å². The minimum Gasteiger partial charge on any atom is -0.481 e. The first-order valence-electron chi connectivity index (χ1n) is 6.85. The van der Waals surface area contributed by atoms with Gasteiger partial charge < -0.3 is 5.11 Å². The fraction of sp³-hybridized carbons (Fsp3) is 0.312. The Morgan fingerprint density at radius 2 is 1.95 bits per heavy atom. The van der Waals surface area contributed by atoms with Gasteiger partial charge in [-0.2, -0.15) is 5.10 Å². The van der Waals surface area contributed by atoms with E-state index in [9.17, 15) is 9.59 Å². The average molecular weight is 286 g/mol. The standard InChI is InChI=1S/C16H18N2O3/c1-11(2)10-18-16(21)13(9-15(19)20)8-14(17-18)12-6-4-3-5-7-12/h3-8,11H,9-10H2,1-2H3,(H,19,20). The third-order valence-electron chi connectivity index (χ3n) is 3.00. The van der Waals surface area contributed by atoms with Crippen molar-refractivity contribution in [2.75, 3.05) is 0 Å². The molecule has 5 nitrogen and oxygen atoms in total. The summed E-state index contributed by atoms with van der Waals surface area (Å²) >= 11 is 0. The Morgan fingerprint density at radius 1 is 1.29 bits per heavy atom. The van der Waals surface area contributed by atoms with Crippen LogP contribution in [-0.2, 0) is 17.8 Å². The lowest BCUT2D eigenvalue weighted by atomic mass is 10.1. The van der Waals surface area contributed by atoms with Crippen LogP contribution in [0.5, 0.6) is 0 Å². The van der Waals surface area contributed by atoms with Crippen LogP contribution in [-0.4, -0.2) is 20.9 Å². The van der Waals surface area contributed by atoms with Crippen molar-refractivity contribution in [1.82, 2.24) is 9.78 Å². The molecule has 1 heterocycles. The highest BCUT2D eigenvalue weighted by atomic mass is 16.4. The van der Waals surface area contributed by atoms with Gasteiger partial charge in [0.15, 0.2) is 0 Å². The van der Waals surface area contributed by atoms with E-state index in [1.54, 1.807) is 6.07 Å². The summed E-state index contributed by atoms with van der Waals surface area (Å²) in [6, 6.07) is 11.0. The minimum atomic E-state index is -1.02. The lowest BCUT2D eigenvalue weighted by Gasteiger charge is -2.11.